The van der Waals surface area contributed by atoms with E-state index in [-0.39, 0.29) is 0 Å². The summed E-state index contributed by atoms with van der Waals surface area (Å²) in [4.78, 5) is 8.41. The first kappa shape index (κ1) is 13.9. The number of rotatable bonds is 4. The Hall–Kier alpha value is -1.52. The number of aromatic nitrogens is 2. The van der Waals surface area contributed by atoms with Gasteiger partial charge in [-0.25, -0.2) is 4.98 Å². The van der Waals surface area contributed by atoms with Crippen molar-refractivity contribution < 1.29 is 0 Å². The molecular weight excluding hydrogens is 283 g/mol. The maximum absolute atomic E-state index is 6.09. The Bertz CT molecular complexity index is 587. The molecule has 0 saturated heterocycles. The molecule has 0 amide bonds. The minimum atomic E-state index is 0.459. The highest BCUT2D eigenvalue weighted by Gasteiger charge is 2.07. The predicted molar refractivity (Wildman–Crippen MR) is 80.7 cm³/mol. The van der Waals surface area contributed by atoms with Gasteiger partial charge in [0.05, 0.1) is 6.20 Å². The van der Waals surface area contributed by atoms with Gasteiger partial charge < -0.3 is 10.6 Å². The van der Waals surface area contributed by atoms with Crippen LogP contribution in [0.3, 0.4) is 0 Å². The van der Waals surface area contributed by atoms with E-state index in [9.17, 15) is 0 Å². The van der Waals surface area contributed by atoms with Crippen LogP contribution in [0.5, 0.6) is 0 Å². The first-order chi connectivity index (χ1) is 9.10. The van der Waals surface area contributed by atoms with Crippen molar-refractivity contribution in [3.8, 4) is 0 Å². The standard InChI is InChI=1S/C13H14Cl2N4/c1-3-16-13-17-7-10(15)12(19-13)18-11-6-9(14)5-4-8(11)2/h4-7H,3H2,1-2H3,(H2,16,17,18,19). The van der Waals surface area contributed by atoms with Gasteiger partial charge in [-0.3, -0.25) is 0 Å². The van der Waals surface area contributed by atoms with E-state index >= 15 is 0 Å². The summed E-state index contributed by atoms with van der Waals surface area (Å²) >= 11 is 12.1. The Morgan fingerprint density at radius 3 is 2.79 bits per heavy atom. The lowest BCUT2D eigenvalue weighted by Crippen LogP contribution is -2.04. The molecule has 0 spiro atoms. The lowest BCUT2D eigenvalue weighted by Gasteiger charge is -2.11. The van der Waals surface area contributed by atoms with E-state index < -0.39 is 0 Å². The number of hydrogen-bond donors (Lipinski definition) is 2. The summed E-state index contributed by atoms with van der Waals surface area (Å²) in [6, 6.07) is 5.61. The van der Waals surface area contributed by atoms with Crippen molar-refractivity contribution in [2.45, 2.75) is 13.8 Å². The summed E-state index contributed by atoms with van der Waals surface area (Å²) in [6.07, 6.45) is 1.56. The van der Waals surface area contributed by atoms with Crippen LogP contribution in [0, 0.1) is 6.92 Å². The zero-order valence-electron chi connectivity index (χ0n) is 10.7. The van der Waals surface area contributed by atoms with E-state index in [1.165, 1.54) is 0 Å². The Morgan fingerprint density at radius 1 is 1.26 bits per heavy atom. The number of nitrogens with zero attached hydrogens (tertiary/aromatic N) is 2. The molecule has 1 aromatic heterocycles. The molecular formula is C13H14Cl2N4. The zero-order chi connectivity index (χ0) is 13.8. The molecule has 0 bridgehead atoms. The van der Waals surface area contributed by atoms with Crippen LogP contribution in [0.25, 0.3) is 0 Å². The highest BCUT2D eigenvalue weighted by atomic mass is 35.5. The Kier molecular flexibility index (Phi) is 4.45. The molecule has 0 atom stereocenters. The molecule has 0 aliphatic heterocycles. The van der Waals surface area contributed by atoms with E-state index in [1.54, 1.807) is 6.20 Å². The maximum Gasteiger partial charge on any atom is 0.224 e. The van der Waals surface area contributed by atoms with Crippen molar-refractivity contribution in [3.63, 3.8) is 0 Å². The topological polar surface area (TPSA) is 49.8 Å². The molecule has 6 heteroatoms. The van der Waals surface area contributed by atoms with Crippen molar-refractivity contribution in [1.82, 2.24) is 9.97 Å². The zero-order valence-corrected chi connectivity index (χ0v) is 12.2. The second kappa shape index (κ2) is 6.08. The molecule has 19 heavy (non-hydrogen) atoms. The number of anilines is 3. The van der Waals surface area contributed by atoms with Gasteiger partial charge in [-0.15, -0.1) is 0 Å². The SMILES string of the molecule is CCNc1ncc(Cl)c(Nc2cc(Cl)ccc2C)n1. The van der Waals surface area contributed by atoms with Crippen LogP contribution in [0.1, 0.15) is 12.5 Å². The molecule has 0 unspecified atom stereocenters. The van der Waals surface area contributed by atoms with Gasteiger partial charge in [0.25, 0.3) is 0 Å². The normalized spacial score (nSPS) is 10.3. The number of halogens is 2. The summed E-state index contributed by atoms with van der Waals surface area (Å²) in [6.45, 7) is 4.71. The van der Waals surface area contributed by atoms with Crippen molar-refractivity contribution in [3.05, 3.63) is 40.0 Å². The van der Waals surface area contributed by atoms with Crippen LogP contribution < -0.4 is 10.6 Å². The molecule has 2 N–H and O–H groups in total. The lowest BCUT2D eigenvalue weighted by atomic mass is 10.2. The van der Waals surface area contributed by atoms with Crippen molar-refractivity contribution in [2.75, 3.05) is 17.2 Å². The van der Waals surface area contributed by atoms with E-state index in [2.05, 4.69) is 20.6 Å². The summed E-state index contributed by atoms with van der Waals surface area (Å²) in [5.41, 5.74) is 1.93. The molecule has 0 radical (unpaired) electrons. The summed E-state index contributed by atoms with van der Waals surface area (Å²) < 4.78 is 0. The number of benzene rings is 1. The third-order valence-electron chi connectivity index (χ3n) is 2.53. The van der Waals surface area contributed by atoms with Crippen LogP contribution in [-0.2, 0) is 0 Å². The molecule has 4 nitrogen and oxygen atoms in total. The Balaban J connectivity index is 2.31. The molecule has 2 aromatic rings. The van der Waals surface area contributed by atoms with Crippen molar-refractivity contribution in [1.29, 1.82) is 0 Å². The predicted octanol–water partition coefficient (Wildman–Crippen LogP) is 4.27. The van der Waals surface area contributed by atoms with E-state index in [0.29, 0.717) is 21.8 Å². The monoisotopic (exact) mass is 296 g/mol. The first-order valence-electron chi connectivity index (χ1n) is 5.89. The fourth-order valence-electron chi connectivity index (χ4n) is 1.55. The fraction of sp³-hybridized carbons (Fsp3) is 0.231. The van der Waals surface area contributed by atoms with Gasteiger partial charge in [-0.2, -0.15) is 4.98 Å². The third kappa shape index (κ3) is 3.49. The molecule has 1 aromatic carbocycles. The van der Waals surface area contributed by atoms with Crippen LogP contribution in [0.15, 0.2) is 24.4 Å². The molecule has 1 heterocycles. The number of nitrogens with one attached hydrogen (secondary N) is 2. The lowest BCUT2D eigenvalue weighted by molar-refractivity contribution is 1.09. The number of hydrogen-bond acceptors (Lipinski definition) is 4. The van der Waals surface area contributed by atoms with Gasteiger partial charge in [0.2, 0.25) is 5.95 Å². The van der Waals surface area contributed by atoms with Gasteiger partial charge in [0.15, 0.2) is 5.82 Å². The van der Waals surface area contributed by atoms with Gasteiger partial charge in [-0.1, -0.05) is 29.3 Å². The summed E-state index contributed by atoms with van der Waals surface area (Å²) in [5.74, 6) is 1.09. The quantitative estimate of drug-likeness (QED) is 0.885. The molecule has 0 aliphatic rings. The molecule has 0 aliphatic carbocycles. The molecule has 0 saturated carbocycles. The second-order valence-electron chi connectivity index (χ2n) is 4.00. The van der Waals surface area contributed by atoms with E-state index in [4.69, 9.17) is 23.2 Å². The van der Waals surface area contributed by atoms with Crippen LogP contribution in [-0.4, -0.2) is 16.5 Å². The summed E-state index contributed by atoms with van der Waals surface area (Å²) in [5, 5.41) is 7.33. The van der Waals surface area contributed by atoms with Crippen molar-refractivity contribution in [2.24, 2.45) is 0 Å². The van der Waals surface area contributed by atoms with Crippen LogP contribution in [0.2, 0.25) is 10.0 Å². The average molecular weight is 297 g/mol. The minimum absolute atomic E-state index is 0.459. The molecule has 0 fully saturated rings. The molecule has 100 valence electrons. The van der Waals surface area contributed by atoms with Gasteiger partial charge >= 0.3 is 0 Å². The Morgan fingerprint density at radius 2 is 2.05 bits per heavy atom. The first-order valence-corrected chi connectivity index (χ1v) is 6.65. The average Bonchev–Trinajstić information content (AvgIpc) is 2.38. The second-order valence-corrected chi connectivity index (χ2v) is 4.85. The van der Waals surface area contributed by atoms with Crippen molar-refractivity contribution >= 4 is 40.7 Å². The Labute approximate surface area is 122 Å². The largest absolute Gasteiger partial charge is 0.354 e. The van der Waals surface area contributed by atoms with Crippen LogP contribution >= 0.6 is 23.2 Å². The summed E-state index contributed by atoms with van der Waals surface area (Å²) in [7, 11) is 0. The highest BCUT2D eigenvalue weighted by Crippen LogP contribution is 2.27. The minimum Gasteiger partial charge on any atom is -0.354 e. The van der Waals surface area contributed by atoms with Crippen LogP contribution in [0.4, 0.5) is 17.5 Å². The van der Waals surface area contributed by atoms with Gasteiger partial charge in [0.1, 0.15) is 5.02 Å². The maximum atomic E-state index is 6.09. The van der Waals surface area contributed by atoms with Gasteiger partial charge in [-0.05, 0) is 31.5 Å². The smallest absolute Gasteiger partial charge is 0.224 e. The van der Waals surface area contributed by atoms with Gasteiger partial charge in [0, 0.05) is 17.3 Å². The van der Waals surface area contributed by atoms with E-state index in [1.807, 2.05) is 32.0 Å². The number of aryl methyl sites for hydroxylation is 1. The molecule has 2 rings (SSSR count). The van der Waals surface area contributed by atoms with E-state index in [0.717, 1.165) is 17.8 Å². The fourth-order valence-corrected chi connectivity index (χ4v) is 1.86. The third-order valence-corrected chi connectivity index (χ3v) is 3.04. The highest BCUT2D eigenvalue weighted by molar-refractivity contribution is 6.33.